The van der Waals surface area contributed by atoms with Crippen molar-refractivity contribution in [3.63, 3.8) is 0 Å². The maximum Gasteiger partial charge on any atom is 0.329 e. The number of fused-ring (bicyclic) bond motifs is 1. The van der Waals surface area contributed by atoms with E-state index in [9.17, 15) is 19.2 Å². The Labute approximate surface area is 230 Å². The molecule has 1 aliphatic heterocycles. The van der Waals surface area contributed by atoms with E-state index in [1.807, 2.05) is 13.0 Å². The first-order chi connectivity index (χ1) is 16.3. The first kappa shape index (κ1) is 27.7. The van der Waals surface area contributed by atoms with Gasteiger partial charge in [-0.2, -0.15) is 0 Å². The first-order valence-corrected chi connectivity index (χ1v) is 12.6. The number of imide groups is 1. The van der Waals surface area contributed by atoms with Crippen molar-refractivity contribution in [3.05, 3.63) is 59.5 Å². The second kappa shape index (κ2) is 11.0. The number of nitrogens with one attached hydrogen (secondary N) is 1. The number of nitrogens with zero attached hydrogens (tertiary/aromatic N) is 1. The van der Waals surface area contributed by atoms with Gasteiger partial charge in [0.1, 0.15) is 6.04 Å². The van der Waals surface area contributed by atoms with E-state index in [0.717, 1.165) is 14.9 Å². The number of hydrogen-bond donors (Lipinski definition) is 1. The van der Waals surface area contributed by atoms with Crippen molar-refractivity contribution >= 4 is 91.7 Å². The molecule has 7 nitrogen and oxygen atoms in total. The fourth-order valence-electron chi connectivity index (χ4n) is 3.59. The highest BCUT2D eigenvalue weighted by Gasteiger charge is 2.47. The molecule has 2 aromatic carbocycles. The van der Waals surface area contributed by atoms with Crippen LogP contribution in [0.4, 0.5) is 5.69 Å². The van der Waals surface area contributed by atoms with Gasteiger partial charge in [-0.3, -0.25) is 19.3 Å². The third-order valence-corrected chi connectivity index (χ3v) is 7.51. The average molecular weight is 625 g/mol. The molecule has 0 saturated carbocycles. The summed E-state index contributed by atoms with van der Waals surface area (Å²) in [6, 6.07) is 3.94. The summed E-state index contributed by atoms with van der Waals surface area (Å²) in [5.74, 6) is -3.34. The maximum atomic E-state index is 13.2. The molecular formula is C23H19BrCl4N2O5. The van der Waals surface area contributed by atoms with Gasteiger partial charge in [0.05, 0.1) is 31.2 Å². The molecule has 0 unspecified atom stereocenters. The van der Waals surface area contributed by atoms with Crippen molar-refractivity contribution in [2.45, 2.75) is 33.2 Å². The van der Waals surface area contributed by atoms with Crippen molar-refractivity contribution in [2.75, 3.05) is 11.9 Å². The van der Waals surface area contributed by atoms with Crippen LogP contribution in [0.1, 0.15) is 46.5 Å². The lowest BCUT2D eigenvalue weighted by molar-refractivity contribution is -0.151. The molecule has 1 N–H and O–H groups in total. The number of anilines is 1. The largest absolute Gasteiger partial charge is 0.454 e. The fraction of sp³-hybridized carbons (Fsp3) is 0.304. The highest BCUT2D eigenvalue weighted by molar-refractivity contribution is 9.10. The second-order valence-corrected chi connectivity index (χ2v) is 10.7. The zero-order valence-electron chi connectivity index (χ0n) is 18.7. The van der Waals surface area contributed by atoms with Gasteiger partial charge in [0.15, 0.2) is 6.61 Å². The van der Waals surface area contributed by atoms with E-state index in [1.54, 1.807) is 26.0 Å². The lowest BCUT2D eigenvalue weighted by Gasteiger charge is -2.26. The molecule has 3 rings (SSSR count). The quantitative estimate of drug-likeness (QED) is 0.163. The van der Waals surface area contributed by atoms with E-state index >= 15 is 0 Å². The van der Waals surface area contributed by atoms with Crippen LogP contribution in [0.2, 0.25) is 20.1 Å². The van der Waals surface area contributed by atoms with Gasteiger partial charge in [0, 0.05) is 10.2 Å². The summed E-state index contributed by atoms with van der Waals surface area (Å²) in [5, 5.41) is 1.82. The van der Waals surface area contributed by atoms with Crippen LogP contribution >= 0.6 is 62.3 Å². The number of hydrogen-bond acceptors (Lipinski definition) is 5. The average Bonchev–Trinajstić information content (AvgIpc) is 3.04. The number of carbonyl (C=O) groups excluding carboxylic acids is 4. The van der Waals surface area contributed by atoms with Crippen LogP contribution in [0.15, 0.2) is 22.7 Å². The third-order valence-electron chi connectivity index (χ3n) is 5.22. The summed E-state index contributed by atoms with van der Waals surface area (Å²) in [4.78, 5) is 52.5. The van der Waals surface area contributed by atoms with E-state index < -0.39 is 36.3 Å². The third kappa shape index (κ3) is 5.62. The summed E-state index contributed by atoms with van der Waals surface area (Å²) in [6.07, 6.45) is 0.0778. The molecule has 0 bridgehead atoms. The molecule has 1 atom stereocenters. The first-order valence-electron chi connectivity index (χ1n) is 10.3. The maximum absolute atomic E-state index is 13.2. The normalized spacial score (nSPS) is 13.8. The Hall–Kier alpha value is -1.84. The van der Waals surface area contributed by atoms with E-state index in [-0.39, 0.29) is 43.6 Å². The highest BCUT2D eigenvalue weighted by atomic mass is 79.9. The van der Waals surface area contributed by atoms with Crippen molar-refractivity contribution in [3.8, 4) is 0 Å². The predicted molar refractivity (Wildman–Crippen MR) is 139 cm³/mol. The minimum absolute atomic E-state index is 0.0778. The van der Waals surface area contributed by atoms with Gasteiger partial charge >= 0.3 is 5.97 Å². The van der Waals surface area contributed by atoms with Gasteiger partial charge < -0.3 is 10.1 Å². The van der Waals surface area contributed by atoms with Gasteiger partial charge in [-0.25, -0.2) is 4.79 Å². The van der Waals surface area contributed by atoms with Gasteiger partial charge in [-0.15, -0.1) is 0 Å². The molecule has 0 aromatic heterocycles. The number of rotatable bonds is 7. The standard InChI is InChI=1S/C23H19BrCl4N2O5/c1-9(2)6-13(23(34)35-8-14(31)29-12-5-4-11(24)7-10(12)3)30-21(32)15-16(22(30)33)18(26)20(28)19(27)17(15)25/h4-5,7,9,13H,6,8H2,1-3H3,(H,29,31)/t13-/m1/s1. The molecule has 2 aromatic rings. The van der Waals surface area contributed by atoms with Crippen molar-refractivity contribution in [2.24, 2.45) is 5.92 Å². The summed E-state index contributed by atoms with van der Waals surface area (Å²) >= 11 is 27.8. The minimum atomic E-state index is -1.32. The Balaban J connectivity index is 1.82. The minimum Gasteiger partial charge on any atom is -0.454 e. The Morgan fingerprint density at radius 2 is 1.54 bits per heavy atom. The molecule has 0 saturated heterocycles. The Morgan fingerprint density at radius 1 is 1.00 bits per heavy atom. The van der Waals surface area contributed by atoms with Gasteiger partial charge in [0.25, 0.3) is 17.7 Å². The number of benzene rings is 2. The van der Waals surface area contributed by atoms with E-state index in [0.29, 0.717) is 5.69 Å². The monoisotopic (exact) mass is 622 g/mol. The zero-order chi connectivity index (χ0) is 26.2. The van der Waals surface area contributed by atoms with Crippen LogP contribution in [0.3, 0.4) is 0 Å². The number of aryl methyl sites for hydroxylation is 1. The zero-order valence-corrected chi connectivity index (χ0v) is 23.3. The van der Waals surface area contributed by atoms with Crippen LogP contribution < -0.4 is 5.32 Å². The number of amides is 3. The number of esters is 1. The molecule has 0 radical (unpaired) electrons. The number of carbonyl (C=O) groups is 4. The van der Waals surface area contributed by atoms with Gasteiger partial charge in [0.2, 0.25) is 0 Å². The van der Waals surface area contributed by atoms with Crippen LogP contribution in [-0.2, 0) is 14.3 Å². The summed E-state index contributed by atoms with van der Waals surface area (Å²) in [5.41, 5.74) is 0.877. The predicted octanol–water partition coefficient (Wildman–Crippen LogP) is 6.56. The van der Waals surface area contributed by atoms with Crippen LogP contribution in [-0.4, -0.2) is 41.2 Å². The molecule has 1 heterocycles. The SMILES string of the molecule is Cc1cc(Br)ccc1NC(=O)COC(=O)[C@@H](CC(C)C)N1C(=O)c2c(Cl)c(Cl)c(Cl)c(Cl)c2C1=O. The number of ether oxygens (including phenoxy) is 1. The topological polar surface area (TPSA) is 92.8 Å². The molecule has 186 valence electrons. The van der Waals surface area contributed by atoms with Crippen LogP contribution in [0, 0.1) is 12.8 Å². The second-order valence-electron chi connectivity index (χ2n) is 8.25. The van der Waals surface area contributed by atoms with Gasteiger partial charge in [-0.05, 0) is 43.0 Å². The highest BCUT2D eigenvalue weighted by Crippen LogP contribution is 2.45. The molecule has 1 aliphatic rings. The molecule has 0 aliphatic carbocycles. The Bertz CT molecular complexity index is 1200. The smallest absolute Gasteiger partial charge is 0.329 e. The molecule has 12 heteroatoms. The summed E-state index contributed by atoms with van der Waals surface area (Å²) < 4.78 is 6.04. The molecule has 0 fully saturated rings. The lowest BCUT2D eigenvalue weighted by atomic mass is 10.0. The van der Waals surface area contributed by atoms with Crippen LogP contribution in [0.25, 0.3) is 0 Å². The van der Waals surface area contributed by atoms with E-state index in [2.05, 4.69) is 21.2 Å². The molecular weight excluding hydrogens is 606 g/mol. The summed E-state index contributed by atoms with van der Waals surface area (Å²) in [7, 11) is 0. The fourth-order valence-corrected chi connectivity index (χ4v) is 5.08. The van der Waals surface area contributed by atoms with Crippen LogP contribution in [0.5, 0.6) is 0 Å². The molecule has 0 spiro atoms. The molecule has 3 amide bonds. The molecule has 35 heavy (non-hydrogen) atoms. The summed E-state index contributed by atoms with van der Waals surface area (Å²) in [6.45, 7) is 4.79. The van der Waals surface area contributed by atoms with Crippen molar-refractivity contribution in [1.29, 1.82) is 0 Å². The van der Waals surface area contributed by atoms with E-state index in [1.165, 1.54) is 0 Å². The van der Waals surface area contributed by atoms with Crippen molar-refractivity contribution in [1.82, 2.24) is 4.90 Å². The Kier molecular flexibility index (Phi) is 8.76. The van der Waals surface area contributed by atoms with Gasteiger partial charge in [-0.1, -0.05) is 76.2 Å². The van der Waals surface area contributed by atoms with E-state index in [4.69, 9.17) is 51.1 Å². The lowest BCUT2D eigenvalue weighted by Crippen LogP contribution is -2.47. The Morgan fingerprint density at radius 3 is 2.03 bits per heavy atom. The number of halogens is 5. The van der Waals surface area contributed by atoms with Crippen molar-refractivity contribution < 1.29 is 23.9 Å².